The summed E-state index contributed by atoms with van der Waals surface area (Å²) in [7, 11) is 1.45. The molecule has 0 amide bonds. The van der Waals surface area contributed by atoms with Gasteiger partial charge in [-0.1, -0.05) is 0 Å². The molecule has 106 valence electrons. The maximum atomic E-state index is 11.1. The summed E-state index contributed by atoms with van der Waals surface area (Å²) < 4.78 is 4.68. The van der Waals surface area contributed by atoms with Gasteiger partial charge in [0.05, 0.1) is 13.5 Å². The van der Waals surface area contributed by atoms with Gasteiger partial charge in [-0.2, -0.15) is 0 Å². The molecule has 0 aromatic heterocycles. The number of methoxy groups -OCH3 is 1. The molecule has 1 unspecified atom stereocenters. The number of rotatable bonds is 5. The Morgan fingerprint density at radius 1 is 1.44 bits per heavy atom. The van der Waals surface area contributed by atoms with Crippen molar-refractivity contribution in [3.8, 4) is 0 Å². The summed E-state index contributed by atoms with van der Waals surface area (Å²) in [5.41, 5.74) is 0.189. The van der Waals surface area contributed by atoms with Gasteiger partial charge in [-0.05, 0) is 52.6 Å². The zero-order valence-electron chi connectivity index (χ0n) is 12.3. The SMILES string of the molecule is COC(=O)CCN1CCCC(CNC(C)(C)C)C1. The van der Waals surface area contributed by atoms with E-state index in [1.165, 1.54) is 20.0 Å². The highest BCUT2D eigenvalue weighted by molar-refractivity contribution is 5.69. The lowest BCUT2D eigenvalue weighted by atomic mass is 9.96. The Bertz CT molecular complexity index is 261. The van der Waals surface area contributed by atoms with Crippen molar-refractivity contribution in [3.63, 3.8) is 0 Å². The van der Waals surface area contributed by atoms with Gasteiger partial charge in [0.15, 0.2) is 0 Å². The molecule has 1 rings (SSSR count). The van der Waals surface area contributed by atoms with Crippen LogP contribution in [0.25, 0.3) is 0 Å². The minimum atomic E-state index is -0.107. The molecule has 1 aliphatic heterocycles. The molecular formula is C14H28N2O2. The summed E-state index contributed by atoms with van der Waals surface area (Å²) in [5.74, 6) is 0.598. The molecule has 4 heteroatoms. The van der Waals surface area contributed by atoms with E-state index in [4.69, 9.17) is 0 Å². The van der Waals surface area contributed by atoms with Crippen LogP contribution in [0.15, 0.2) is 0 Å². The highest BCUT2D eigenvalue weighted by atomic mass is 16.5. The van der Waals surface area contributed by atoms with Crippen molar-refractivity contribution in [1.29, 1.82) is 0 Å². The lowest BCUT2D eigenvalue weighted by Gasteiger charge is -2.34. The summed E-state index contributed by atoms with van der Waals surface area (Å²) in [6.45, 7) is 10.7. The average molecular weight is 256 g/mol. The fraction of sp³-hybridized carbons (Fsp3) is 0.929. The van der Waals surface area contributed by atoms with Crippen molar-refractivity contribution < 1.29 is 9.53 Å². The van der Waals surface area contributed by atoms with Crippen LogP contribution >= 0.6 is 0 Å². The van der Waals surface area contributed by atoms with Crippen molar-refractivity contribution in [3.05, 3.63) is 0 Å². The number of likely N-dealkylation sites (tertiary alicyclic amines) is 1. The van der Waals surface area contributed by atoms with E-state index >= 15 is 0 Å². The van der Waals surface area contributed by atoms with Gasteiger partial charge in [0.1, 0.15) is 0 Å². The van der Waals surface area contributed by atoms with Crippen molar-refractivity contribution in [2.24, 2.45) is 5.92 Å². The number of hydrogen-bond donors (Lipinski definition) is 1. The highest BCUT2D eigenvalue weighted by Gasteiger charge is 2.21. The minimum Gasteiger partial charge on any atom is -0.469 e. The van der Waals surface area contributed by atoms with Crippen molar-refractivity contribution in [1.82, 2.24) is 10.2 Å². The van der Waals surface area contributed by atoms with Crippen LogP contribution in [0.3, 0.4) is 0 Å². The first-order chi connectivity index (χ1) is 8.40. The molecule has 0 aromatic carbocycles. The van der Waals surface area contributed by atoms with Crippen LogP contribution in [0, 0.1) is 5.92 Å². The maximum absolute atomic E-state index is 11.1. The van der Waals surface area contributed by atoms with Gasteiger partial charge in [-0.25, -0.2) is 0 Å². The van der Waals surface area contributed by atoms with E-state index in [2.05, 4.69) is 35.7 Å². The molecule has 1 aliphatic rings. The van der Waals surface area contributed by atoms with Gasteiger partial charge in [-0.3, -0.25) is 4.79 Å². The summed E-state index contributed by atoms with van der Waals surface area (Å²) in [4.78, 5) is 13.5. The molecule has 1 heterocycles. The lowest BCUT2D eigenvalue weighted by Crippen LogP contribution is -2.45. The first-order valence-corrected chi connectivity index (χ1v) is 6.95. The molecule has 1 N–H and O–H groups in total. The van der Waals surface area contributed by atoms with Crippen LogP contribution in [-0.4, -0.2) is 49.7 Å². The lowest BCUT2D eigenvalue weighted by molar-refractivity contribution is -0.141. The molecule has 4 nitrogen and oxygen atoms in total. The Hall–Kier alpha value is -0.610. The monoisotopic (exact) mass is 256 g/mol. The third-order valence-electron chi connectivity index (χ3n) is 3.38. The predicted octanol–water partition coefficient (Wildman–Crippen LogP) is 1.65. The predicted molar refractivity (Wildman–Crippen MR) is 73.6 cm³/mol. The summed E-state index contributed by atoms with van der Waals surface area (Å²) in [6.07, 6.45) is 3.03. The zero-order chi connectivity index (χ0) is 13.6. The molecule has 1 atom stereocenters. The normalized spacial score (nSPS) is 21.9. The van der Waals surface area contributed by atoms with Crippen LogP contribution in [0.4, 0.5) is 0 Å². The first-order valence-electron chi connectivity index (χ1n) is 6.95. The van der Waals surface area contributed by atoms with E-state index in [-0.39, 0.29) is 11.5 Å². The number of carbonyl (C=O) groups is 1. The Morgan fingerprint density at radius 2 is 2.17 bits per heavy atom. The van der Waals surface area contributed by atoms with E-state index in [1.54, 1.807) is 0 Å². The molecule has 1 fully saturated rings. The summed E-state index contributed by atoms with van der Waals surface area (Å²) in [6, 6.07) is 0. The number of carbonyl (C=O) groups excluding carboxylic acids is 1. The Morgan fingerprint density at radius 3 is 2.78 bits per heavy atom. The quantitative estimate of drug-likeness (QED) is 0.760. The van der Waals surface area contributed by atoms with E-state index in [1.807, 2.05) is 0 Å². The van der Waals surface area contributed by atoms with Gasteiger partial charge in [0.25, 0.3) is 0 Å². The highest BCUT2D eigenvalue weighted by Crippen LogP contribution is 2.16. The van der Waals surface area contributed by atoms with Gasteiger partial charge in [-0.15, -0.1) is 0 Å². The van der Waals surface area contributed by atoms with Crippen LogP contribution in [0.5, 0.6) is 0 Å². The van der Waals surface area contributed by atoms with Gasteiger partial charge in [0.2, 0.25) is 0 Å². The van der Waals surface area contributed by atoms with Crippen LogP contribution in [0.1, 0.15) is 40.0 Å². The Balaban J connectivity index is 2.26. The number of piperidine rings is 1. The number of esters is 1. The van der Waals surface area contributed by atoms with E-state index in [0.717, 1.165) is 26.2 Å². The summed E-state index contributed by atoms with van der Waals surface area (Å²) in [5, 5.41) is 3.57. The van der Waals surface area contributed by atoms with E-state index < -0.39 is 0 Å². The number of nitrogens with one attached hydrogen (secondary N) is 1. The third-order valence-corrected chi connectivity index (χ3v) is 3.38. The van der Waals surface area contributed by atoms with Crippen LogP contribution < -0.4 is 5.32 Å². The number of hydrogen-bond acceptors (Lipinski definition) is 4. The zero-order valence-corrected chi connectivity index (χ0v) is 12.3. The maximum Gasteiger partial charge on any atom is 0.306 e. The topological polar surface area (TPSA) is 41.6 Å². The molecule has 0 spiro atoms. The van der Waals surface area contributed by atoms with Crippen LogP contribution in [-0.2, 0) is 9.53 Å². The van der Waals surface area contributed by atoms with Crippen molar-refractivity contribution >= 4 is 5.97 Å². The molecule has 0 saturated carbocycles. The van der Waals surface area contributed by atoms with Crippen molar-refractivity contribution in [2.45, 2.75) is 45.6 Å². The first kappa shape index (κ1) is 15.4. The van der Waals surface area contributed by atoms with Gasteiger partial charge < -0.3 is 15.0 Å². The fourth-order valence-electron chi connectivity index (χ4n) is 2.32. The smallest absolute Gasteiger partial charge is 0.306 e. The second-order valence-corrected chi connectivity index (χ2v) is 6.27. The molecular weight excluding hydrogens is 228 g/mol. The van der Waals surface area contributed by atoms with Crippen LogP contribution in [0.2, 0.25) is 0 Å². The second-order valence-electron chi connectivity index (χ2n) is 6.27. The largest absolute Gasteiger partial charge is 0.469 e. The second kappa shape index (κ2) is 7.10. The fourth-order valence-corrected chi connectivity index (χ4v) is 2.32. The standard InChI is InChI=1S/C14H28N2O2/c1-14(2,3)15-10-12-6-5-8-16(11-12)9-7-13(17)18-4/h12,15H,5-11H2,1-4H3. The third kappa shape index (κ3) is 6.36. The molecule has 1 saturated heterocycles. The molecule has 0 aromatic rings. The molecule has 18 heavy (non-hydrogen) atoms. The molecule has 0 radical (unpaired) electrons. The minimum absolute atomic E-state index is 0.107. The van der Waals surface area contributed by atoms with E-state index in [9.17, 15) is 4.79 Å². The summed E-state index contributed by atoms with van der Waals surface area (Å²) >= 11 is 0. The average Bonchev–Trinajstić information content (AvgIpc) is 2.33. The van der Waals surface area contributed by atoms with Gasteiger partial charge >= 0.3 is 5.97 Å². The van der Waals surface area contributed by atoms with Gasteiger partial charge in [0, 0.05) is 18.6 Å². The van der Waals surface area contributed by atoms with Crippen molar-refractivity contribution in [2.75, 3.05) is 33.3 Å². The van der Waals surface area contributed by atoms with E-state index in [0.29, 0.717) is 12.3 Å². The Labute approximate surface area is 111 Å². The molecule has 0 aliphatic carbocycles. The number of ether oxygens (including phenoxy) is 1. The number of nitrogens with zero attached hydrogens (tertiary/aromatic N) is 1. The Kier molecular flexibility index (Phi) is 6.09. The molecule has 0 bridgehead atoms.